The Balaban J connectivity index is 1.91. The molecule has 1 aliphatic rings. The zero-order valence-electron chi connectivity index (χ0n) is 10.6. The van der Waals surface area contributed by atoms with Gasteiger partial charge in [0.1, 0.15) is 5.54 Å². The predicted octanol–water partition coefficient (Wildman–Crippen LogP) is 2.42. The molecule has 0 bridgehead atoms. The summed E-state index contributed by atoms with van der Waals surface area (Å²) in [5.74, 6) is 2.40. The number of hydrogen-bond donors (Lipinski definition) is 1. The van der Waals surface area contributed by atoms with Gasteiger partial charge in [0.15, 0.2) is 5.82 Å². The summed E-state index contributed by atoms with van der Waals surface area (Å²) in [6.45, 7) is 4.09. The molecule has 1 aromatic heterocycles. The highest BCUT2D eigenvalue weighted by Gasteiger charge is 2.40. The number of nitrogens with zero attached hydrogens (tertiary/aromatic N) is 2. The van der Waals surface area contributed by atoms with E-state index in [9.17, 15) is 0 Å². The van der Waals surface area contributed by atoms with Gasteiger partial charge in [0.25, 0.3) is 5.89 Å². The summed E-state index contributed by atoms with van der Waals surface area (Å²) in [5, 5.41) is 4.05. The van der Waals surface area contributed by atoms with E-state index in [1.165, 1.54) is 0 Å². The minimum Gasteiger partial charge on any atom is -0.337 e. The Hall–Kier alpha value is -1.68. The van der Waals surface area contributed by atoms with Gasteiger partial charge < -0.3 is 10.3 Å². The SMILES string of the molecule is CC1CC1c1noc(C(C)(N)c2ccccc2)n1. The van der Waals surface area contributed by atoms with Gasteiger partial charge in [-0.15, -0.1) is 0 Å². The van der Waals surface area contributed by atoms with Crippen LogP contribution in [0.4, 0.5) is 0 Å². The maximum atomic E-state index is 6.33. The molecule has 0 saturated heterocycles. The van der Waals surface area contributed by atoms with Crippen molar-refractivity contribution in [1.82, 2.24) is 10.1 Å². The van der Waals surface area contributed by atoms with Crippen molar-refractivity contribution < 1.29 is 4.52 Å². The fourth-order valence-corrected chi connectivity index (χ4v) is 2.19. The van der Waals surface area contributed by atoms with Crippen LogP contribution in [0.2, 0.25) is 0 Å². The molecule has 1 aliphatic carbocycles. The number of rotatable bonds is 3. The first-order chi connectivity index (χ1) is 8.59. The summed E-state index contributed by atoms with van der Waals surface area (Å²) in [7, 11) is 0. The molecule has 4 nitrogen and oxygen atoms in total. The normalized spacial score (nSPS) is 25.7. The molecule has 18 heavy (non-hydrogen) atoms. The van der Waals surface area contributed by atoms with Gasteiger partial charge in [-0.2, -0.15) is 4.98 Å². The molecule has 2 N–H and O–H groups in total. The highest BCUT2D eigenvalue weighted by atomic mass is 16.5. The smallest absolute Gasteiger partial charge is 0.251 e. The van der Waals surface area contributed by atoms with Crippen LogP contribution in [0.5, 0.6) is 0 Å². The van der Waals surface area contributed by atoms with Crippen molar-refractivity contribution in [3.8, 4) is 0 Å². The summed E-state index contributed by atoms with van der Waals surface area (Å²) in [4.78, 5) is 4.47. The molecule has 94 valence electrons. The van der Waals surface area contributed by atoms with Crippen LogP contribution in [-0.2, 0) is 5.54 Å². The minimum atomic E-state index is -0.732. The van der Waals surface area contributed by atoms with Crippen molar-refractivity contribution in [2.75, 3.05) is 0 Å². The van der Waals surface area contributed by atoms with E-state index in [4.69, 9.17) is 10.3 Å². The Morgan fingerprint density at radius 1 is 1.33 bits per heavy atom. The number of hydrogen-bond acceptors (Lipinski definition) is 4. The minimum absolute atomic E-state index is 0.453. The largest absolute Gasteiger partial charge is 0.337 e. The topological polar surface area (TPSA) is 64.9 Å². The van der Waals surface area contributed by atoms with Crippen molar-refractivity contribution in [2.45, 2.75) is 31.7 Å². The van der Waals surface area contributed by atoms with E-state index in [-0.39, 0.29) is 0 Å². The molecule has 2 aromatic rings. The van der Waals surface area contributed by atoms with Crippen molar-refractivity contribution >= 4 is 0 Å². The van der Waals surface area contributed by atoms with Crippen LogP contribution in [-0.4, -0.2) is 10.1 Å². The maximum absolute atomic E-state index is 6.33. The second-order valence-corrected chi connectivity index (χ2v) is 5.35. The third-order valence-electron chi connectivity index (χ3n) is 3.70. The van der Waals surface area contributed by atoms with Crippen molar-refractivity contribution in [2.24, 2.45) is 11.7 Å². The lowest BCUT2D eigenvalue weighted by Gasteiger charge is -2.20. The lowest BCUT2D eigenvalue weighted by atomic mass is 9.93. The van der Waals surface area contributed by atoms with E-state index in [0.717, 1.165) is 17.8 Å². The predicted molar refractivity (Wildman–Crippen MR) is 67.9 cm³/mol. The molecule has 1 fully saturated rings. The molecular formula is C14H17N3O. The summed E-state index contributed by atoms with van der Waals surface area (Å²) < 4.78 is 5.35. The zero-order chi connectivity index (χ0) is 12.8. The van der Waals surface area contributed by atoms with Crippen LogP contribution in [0.15, 0.2) is 34.9 Å². The van der Waals surface area contributed by atoms with Gasteiger partial charge >= 0.3 is 0 Å². The highest BCUT2D eigenvalue weighted by molar-refractivity contribution is 5.29. The summed E-state index contributed by atoms with van der Waals surface area (Å²) in [6, 6.07) is 9.83. The quantitative estimate of drug-likeness (QED) is 0.899. The molecule has 1 heterocycles. The second-order valence-electron chi connectivity index (χ2n) is 5.35. The fraction of sp³-hybridized carbons (Fsp3) is 0.429. The molecule has 0 radical (unpaired) electrons. The molecule has 3 rings (SSSR count). The Morgan fingerprint density at radius 3 is 2.61 bits per heavy atom. The third-order valence-corrected chi connectivity index (χ3v) is 3.70. The van der Waals surface area contributed by atoms with Gasteiger partial charge in [0.2, 0.25) is 0 Å². The molecule has 1 aromatic carbocycles. The van der Waals surface area contributed by atoms with E-state index >= 15 is 0 Å². The van der Waals surface area contributed by atoms with Crippen LogP contribution in [0.25, 0.3) is 0 Å². The van der Waals surface area contributed by atoms with E-state index in [0.29, 0.717) is 17.7 Å². The fourth-order valence-electron chi connectivity index (χ4n) is 2.19. The zero-order valence-corrected chi connectivity index (χ0v) is 10.6. The van der Waals surface area contributed by atoms with Crippen molar-refractivity contribution in [3.63, 3.8) is 0 Å². The van der Waals surface area contributed by atoms with Gasteiger partial charge in [-0.1, -0.05) is 42.4 Å². The van der Waals surface area contributed by atoms with Crippen LogP contribution < -0.4 is 5.73 Å². The second kappa shape index (κ2) is 3.92. The summed E-state index contributed by atoms with van der Waals surface area (Å²) in [6.07, 6.45) is 1.14. The highest BCUT2D eigenvalue weighted by Crippen LogP contribution is 2.45. The Kier molecular flexibility index (Phi) is 2.48. The van der Waals surface area contributed by atoms with Gasteiger partial charge in [-0.05, 0) is 24.8 Å². The number of nitrogens with two attached hydrogens (primary N) is 1. The van der Waals surface area contributed by atoms with Crippen LogP contribution in [0.3, 0.4) is 0 Å². The molecule has 0 aliphatic heterocycles. The first-order valence-corrected chi connectivity index (χ1v) is 6.27. The van der Waals surface area contributed by atoms with Gasteiger partial charge in [0.05, 0.1) is 0 Å². The van der Waals surface area contributed by atoms with Crippen molar-refractivity contribution in [3.05, 3.63) is 47.6 Å². The average molecular weight is 243 g/mol. The van der Waals surface area contributed by atoms with Gasteiger partial charge in [0, 0.05) is 5.92 Å². The monoisotopic (exact) mass is 243 g/mol. The van der Waals surface area contributed by atoms with E-state index in [1.807, 2.05) is 37.3 Å². The van der Waals surface area contributed by atoms with Crippen LogP contribution in [0.1, 0.15) is 43.5 Å². The average Bonchev–Trinajstić information content (AvgIpc) is 2.92. The lowest BCUT2D eigenvalue weighted by molar-refractivity contribution is 0.322. The Bertz CT molecular complexity index is 547. The number of benzene rings is 1. The molecule has 0 spiro atoms. The third kappa shape index (κ3) is 1.82. The van der Waals surface area contributed by atoms with Gasteiger partial charge in [-0.3, -0.25) is 0 Å². The molecular weight excluding hydrogens is 226 g/mol. The standard InChI is InChI=1S/C14H17N3O/c1-9-8-11(9)12-16-13(18-17-12)14(2,15)10-6-4-3-5-7-10/h3-7,9,11H,8,15H2,1-2H3. The number of aromatic nitrogens is 2. The maximum Gasteiger partial charge on any atom is 0.251 e. The first kappa shape index (κ1) is 11.4. The summed E-state index contributed by atoms with van der Waals surface area (Å²) in [5.41, 5.74) is 6.58. The summed E-state index contributed by atoms with van der Waals surface area (Å²) >= 11 is 0. The van der Waals surface area contributed by atoms with Gasteiger partial charge in [-0.25, -0.2) is 0 Å². The Morgan fingerprint density at radius 2 is 2.00 bits per heavy atom. The molecule has 3 atom stereocenters. The van der Waals surface area contributed by atoms with Crippen LogP contribution >= 0.6 is 0 Å². The van der Waals surface area contributed by atoms with E-state index < -0.39 is 5.54 Å². The lowest BCUT2D eigenvalue weighted by Crippen LogP contribution is -2.34. The van der Waals surface area contributed by atoms with Crippen LogP contribution in [0, 0.1) is 5.92 Å². The van der Waals surface area contributed by atoms with E-state index in [2.05, 4.69) is 17.1 Å². The Labute approximate surface area is 106 Å². The molecule has 4 heteroatoms. The van der Waals surface area contributed by atoms with Crippen molar-refractivity contribution in [1.29, 1.82) is 0 Å². The molecule has 3 unspecified atom stereocenters. The van der Waals surface area contributed by atoms with E-state index in [1.54, 1.807) is 0 Å². The first-order valence-electron chi connectivity index (χ1n) is 6.27. The molecule has 1 saturated carbocycles. The molecule has 0 amide bonds.